The topological polar surface area (TPSA) is 52.6 Å². The summed E-state index contributed by atoms with van der Waals surface area (Å²) < 4.78 is 0. The average Bonchev–Trinajstić information content (AvgIpc) is 3.37. The van der Waals surface area contributed by atoms with Gasteiger partial charge in [-0.05, 0) is 31.2 Å². The van der Waals surface area contributed by atoms with Crippen LogP contribution in [0.2, 0.25) is 0 Å². The van der Waals surface area contributed by atoms with Crippen molar-refractivity contribution in [1.82, 2.24) is 19.8 Å². The molecule has 1 amide bonds. The molecule has 0 saturated carbocycles. The monoisotopic (exact) mass is 373 g/mol. The Bertz CT molecular complexity index is 777. The number of rotatable bonds is 4. The molecule has 0 spiro atoms. The first-order chi connectivity index (χ1) is 12.7. The lowest BCUT2D eigenvalue weighted by Crippen LogP contribution is -2.54. The van der Waals surface area contributed by atoms with Crippen molar-refractivity contribution in [2.24, 2.45) is 0 Å². The first-order valence-electron chi connectivity index (χ1n) is 9.69. The molecule has 0 N–H and O–H groups in total. The maximum absolute atomic E-state index is 12.7. The molecule has 7 heteroatoms. The molecule has 140 valence electrons. The van der Waals surface area contributed by atoms with Crippen LogP contribution in [0, 0.1) is 0 Å². The molecule has 4 rings (SSSR count). The second-order valence-corrected chi connectivity index (χ2v) is 8.08. The minimum Gasteiger partial charge on any atom is -0.353 e. The van der Waals surface area contributed by atoms with Gasteiger partial charge in [-0.2, -0.15) is 0 Å². The van der Waals surface area contributed by atoms with Crippen LogP contribution in [0.1, 0.15) is 32.5 Å². The molecular weight excluding hydrogens is 346 g/mol. The average molecular weight is 374 g/mol. The van der Waals surface area contributed by atoms with Gasteiger partial charge in [0.05, 0.1) is 11.4 Å². The number of fused-ring (bicyclic) bond motifs is 1. The summed E-state index contributed by atoms with van der Waals surface area (Å²) in [6.45, 7) is 9.64. The summed E-state index contributed by atoms with van der Waals surface area (Å²) in [6, 6.07) is 2.11. The van der Waals surface area contributed by atoms with E-state index in [1.54, 1.807) is 11.3 Å². The van der Waals surface area contributed by atoms with Crippen molar-refractivity contribution in [3.8, 4) is 0 Å². The molecular formula is C19H27N5OS. The molecule has 6 nitrogen and oxygen atoms in total. The highest BCUT2D eigenvalue weighted by molar-refractivity contribution is 7.16. The molecule has 1 unspecified atom stereocenters. The molecule has 1 atom stereocenters. The molecule has 26 heavy (non-hydrogen) atoms. The largest absolute Gasteiger partial charge is 0.353 e. The van der Waals surface area contributed by atoms with Crippen LogP contribution >= 0.6 is 11.3 Å². The highest BCUT2D eigenvalue weighted by Gasteiger charge is 2.30. The van der Waals surface area contributed by atoms with Gasteiger partial charge in [0.25, 0.3) is 0 Å². The second-order valence-electron chi connectivity index (χ2n) is 7.19. The normalized spacial score (nSPS) is 20.1. The van der Waals surface area contributed by atoms with E-state index < -0.39 is 0 Å². The molecule has 0 aromatic carbocycles. The number of likely N-dealkylation sites (tertiary alicyclic amines) is 1. The molecule has 2 aliphatic rings. The molecule has 0 radical (unpaired) electrons. The fourth-order valence-electron chi connectivity index (χ4n) is 3.96. The Morgan fingerprint density at radius 1 is 1.15 bits per heavy atom. The third-order valence-electron chi connectivity index (χ3n) is 5.60. The van der Waals surface area contributed by atoms with E-state index in [9.17, 15) is 4.79 Å². The SMILES string of the molecule is CCc1nc(N2CCN(C(C)C(=O)N3CCCC3)CC2)c2ccsc2n1. The summed E-state index contributed by atoms with van der Waals surface area (Å²) in [4.78, 5) is 29.9. The Labute approximate surface area is 158 Å². The van der Waals surface area contributed by atoms with Crippen LogP contribution in [0.3, 0.4) is 0 Å². The van der Waals surface area contributed by atoms with E-state index in [0.29, 0.717) is 5.91 Å². The second kappa shape index (κ2) is 7.48. The number of anilines is 1. The van der Waals surface area contributed by atoms with Gasteiger partial charge in [0, 0.05) is 45.7 Å². The Balaban J connectivity index is 1.45. The van der Waals surface area contributed by atoms with Gasteiger partial charge in [0.15, 0.2) is 0 Å². The summed E-state index contributed by atoms with van der Waals surface area (Å²) in [7, 11) is 0. The molecule has 2 saturated heterocycles. The molecule has 2 aromatic heterocycles. The van der Waals surface area contributed by atoms with Gasteiger partial charge in [-0.15, -0.1) is 11.3 Å². The molecule has 2 fully saturated rings. The molecule has 0 bridgehead atoms. The maximum atomic E-state index is 12.7. The van der Waals surface area contributed by atoms with Crippen molar-refractivity contribution in [3.63, 3.8) is 0 Å². The summed E-state index contributed by atoms with van der Waals surface area (Å²) >= 11 is 1.68. The van der Waals surface area contributed by atoms with Crippen molar-refractivity contribution < 1.29 is 4.79 Å². The summed E-state index contributed by atoms with van der Waals surface area (Å²) in [5, 5.41) is 3.25. The predicted molar refractivity (Wildman–Crippen MR) is 106 cm³/mol. The third-order valence-corrected chi connectivity index (χ3v) is 6.41. The zero-order chi connectivity index (χ0) is 18.1. The van der Waals surface area contributed by atoms with E-state index >= 15 is 0 Å². The Morgan fingerprint density at radius 3 is 2.58 bits per heavy atom. The first-order valence-corrected chi connectivity index (χ1v) is 10.6. The van der Waals surface area contributed by atoms with Crippen LogP contribution < -0.4 is 4.90 Å². The summed E-state index contributed by atoms with van der Waals surface area (Å²) in [5.74, 6) is 2.27. The zero-order valence-corrected chi connectivity index (χ0v) is 16.5. The van der Waals surface area contributed by atoms with Gasteiger partial charge in [-0.3, -0.25) is 9.69 Å². The van der Waals surface area contributed by atoms with E-state index in [-0.39, 0.29) is 6.04 Å². The summed E-state index contributed by atoms with van der Waals surface area (Å²) in [6.07, 6.45) is 3.15. The van der Waals surface area contributed by atoms with E-state index in [1.165, 1.54) is 0 Å². The van der Waals surface area contributed by atoms with E-state index in [0.717, 1.165) is 80.4 Å². The van der Waals surface area contributed by atoms with Crippen LogP contribution in [0.25, 0.3) is 10.2 Å². The molecule has 2 aliphatic heterocycles. The maximum Gasteiger partial charge on any atom is 0.239 e. The van der Waals surface area contributed by atoms with Crippen LogP contribution in [0.15, 0.2) is 11.4 Å². The van der Waals surface area contributed by atoms with Gasteiger partial charge >= 0.3 is 0 Å². The van der Waals surface area contributed by atoms with Crippen molar-refractivity contribution in [2.75, 3.05) is 44.2 Å². The number of aryl methyl sites for hydroxylation is 1. The number of hydrogen-bond donors (Lipinski definition) is 0. The van der Waals surface area contributed by atoms with Gasteiger partial charge in [-0.1, -0.05) is 6.92 Å². The van der Waals surface area contributed by atoms with E-state index in [2.05, 4.69) is 40.1 Å². The van der Waals surface area contributed by atoms with Gasteiger partial charge < -0.3 is 9.80 Å². The fraction of sp³-hybridized carbons (Fsp3) is 0.632. The predicted octanol–water partition coefficient (Wildman–Crippen LogP) is 2.39. The Morgan fingerprint density at radius 2 is 1.88 bits per heavy atom. The highest BCUT2D eigenvalue weighted by Crippen LogP contribution is 2.29. The van der Waals surface area contributed by atoms with Crippen LogP contribution in [0.5, 0.6) is 0 Å². The highest BCUT2D eigenvalue weighted by atomic mass is 32.1. The van der Waals surface area contributed by atoms with E-state index in [4.69, 9.17) is 4.98 Å². The smallest absolute Gasteiger partial charge is 0.239 e. The lowest BCUT2D eigenvalue weighted by molar-refractivity contribution is -0.135. The number of nitrogens with zero attached hydrogens (tertiary/aromatic N) is 5. The summed E-state index contributed by atoms with van der Waals surface area (Å²) in [5.41, 5.74) is 0. The number of piperazine rings is 1. The van der Waals surface area contributed by atoms with Gasteiger partial charge in [0.2, 0.25) is 5.91 Å². The van der Waals surface area contributed by atoms with Gasteiger partial charge in [-0.25, -0.2) is 9.97 Å². The minimum atomic E-state index is -0.0204. The van der Waals surface area contributed by atoms with Crippen molar-refractivity contribution in [1.29, 1.82) is 0 Å². The molecule has 0 aliphatic carbocycles. The third kappa shape index (κ3) is 3.30. The standard InChI is InChI=1S/C19H27N5OS/c1-3-16-20-17(15-6-13-26-18(15)21-16)23-11-9-22(10-12-23)14(2)19(25)24-7-4-5-8-24/h6,13-14H,3-5,7-12H2,1-2H3. The molecule has 2 aromatic rings. The first kappa shape index (κ1) is 17.7. The number of carbonyl (C=O) groups is 1. The lowest BCUT2D eigenvalue weighted by Gasteiger charge is -2.39. The lowest BCUT2D eigenvalue weighted by atomic mass is 10.2. The quantitative estimate of drug-likeness (QED) is 0.824. The Kier molecular flexibility index (Phi) is 5.09. The Hall–Kier alpha value is -1.73. The van der Waals surface area contributed by atoms with Crippen LogP contribution in [0.4, 0.5) is 5.82 Å². The number of hydrogen-bond acceptors (Lipinski definition) is 6. The van der Waals surface area contributed by atoms with Crippen molar-refractivity contribution in [3.05, 3.63) is 17.3 Å². The number of thiophene rings is 1. The number of amides is 1. The van der Waals surface area contributed by atoms with Crippen molar-refractivity contribution in [2.45, 2.75) is 39.2 Å². The zero-order valence-electron chi connectivity index (χ0n) is 15.6. The molecule has 4 heterocycles. The number of carbonyl (C=O) groups excluding carboxylic acids is 1. The van der Waals surface area contributed by atoms with Crippen LogP contribution in [-0.2, 0) is 11.2 Å². The fourth-order valence-corrected chi connectivity index (χ4v) is 4.74. The van der Waals surface area contributed by atoms with Gasteiger partial charge in [0.1, 0.15) is 16.5 Å². The minimum absolute atomic E-state index is 0.0204. The van der Waals surface area contributed by atoms with E-state index in [1.807, 2.05) is 4.90 Å². The van der Waals surface area contributed by atoms with Crippen molar-refractivity contribution >= 4 is 33.3 Å². The number of aromatic nitrogens is 2. The van der Waals surface area contributed by atoms with Crippen LogP contribution in [-0.4, -0.2) is 71.0 Å².